The number of piperidine rings is 1. The molecule has 0 N–H and O–H groups in total. The Morgan fingerprint density at radius 2 is 1.87 bits per heavy atom. The minimum Gasteiger partial charge on any atom is -0.306 e. The van der Waals surface area contributed by atoms with Crippen molar-refractivity contribution in [1.29, 1.82) is 0 Å². The first-order valence-electron chi connectivity index (χ1n) is 8.01. The van der Waals surface area contributed by atoms with Crippen LogP contribution in [0.3, 0.4) is 0 Å². The van der Waals surface area contributed by atoms with E-state index in [4.69, 9.17) is 4.98 Å². The van der Waals surface area contributed by atoms with Crippen LogP contribution in [0.4, 0.5) is 4.39 Å². The lowest BCUT2D eigenvalue weighted by Crippen LogP contribution is -2.30. The molecule has 118 valence electrons. The summed E-state index contributed by atoms with van der Waals surface area (Å²) in [6, 6.07) is 10.7. The van der Waals surface area contributed by atoms with Gasteiger partial charge in [-0.3, -0.25) is 4.57 Å². The lowest BCUT2D eigenvalue weighted by molar-refractivity contribution is 0.250. The van der Waals surface area contributed by atoms with Crippen LogP contribution in [-0.4, -0.2) is 39.6 Å². The van der Waals surface area contributed by atoms with Crippen molar-refractivity contribution in [1.82, 2.24) is 19.4 Å². The van der Waals surface area contributed by atoms with Gasteiger partial charge in [-0.15, -0.1) is 0 Å². The van der Waals surface area contributed by atoms with Gasteiger partial charge in [0, 0.05) is 12.1 Å². The Balaban J connectivity index is 1.90. The second kappa shape index (κ2) is 5.74. The summed E-state index contributed by atoms with van der Waals surface area (Å²) in [5.41, 5.74) is 2.08. The Labute approximate surface area is 134 Å². The van der Waals surface area contributed by atoms with Crippen molar-refractivity contribution in [2.24, 2.45) is 0 Å². The van der Waals surface area contributed by atoms with Crippen LogP contribution in [-0.2, 0) is 0 Å². The highest BCUT2D eigenvalue weighted by Gasteiger charge is 2.26. The molecule has 0 aliphatic carbocycles. The molecule has 1 saturated heterocycles. The molecule has 0 atom stereocenters. The number of para-hydroxylation sites is 1. The van der Waals surface area contributed by atoms with E-state index in [9.17, 15) is 4.39 Å². The molecule has 1 aromatic carbocycles. The zero-order valence-corrected chi connectivity index (χ0v) is 13.1. The number of nitrogens with zero attached hydrogens (tertiary/aromatic N) is 4. The fraction of sp³-hybridized carbons (Fsp3) is 0.333. The first kappa shape index (κ1) is 14.3. The van der Waals surface area contributed by atoms with Crippen LogP contribution >= 0.6 is 0 Å². The molecule has 2 aromatic heterocycles. The van der Waals surface area contributed by atoms with E-state index in [1.165, 1.54) is 6.07 Å². The van der Waals surface area contributed by atoms with Crippen LogP contribution < -0.4 is 0 Å². The molecule has 0 spiro atoms. The van der Waals surface area contributed by atoms with Crippen LogP contribution in [0.5, 0.6) is 0 Å². The largest absolute Gasteiger partial charge is 0.306 e. The number of likely N-dealkylation sites (tertiary alicyclic amines) is 1. The monoisotopic (exact) mass is 310 g/mol. The third-order valence-electron chi connectivity index (χ3n) is 4.62. The molecule has 0 bridgehead atoms. The second-order valence-electron chi connectivity index (χ2n) is 6.18. The van der Waals surface area contributed by atoms with E-state index in [2.05, 4.69) is 16.9 Å². The van der Waals surface area contributed by atoms with Gasteiger partial charge in [0.15, 0.2) is 5.65 Å². The molecular weight excluding hydrogens is 291 g/mol. The molecule has 4 rings (SSSR count). The molecule has 3 heterocycles. The summed E-state index contributed by atoms with van der Waals surface area (Å²) < 4.78 is 16.3. The zero-order valence-electron chi connectivity index (χ0n) is 13.1. The zero-order chi connectivity index (χ0) is 15.8. The molecule has 23 heavy (non-hydrogen) atoms. The van der Waals surface area contributed by atoms with E-state index >= 15 is 0 Å². The average Bonchev–Trinajstić information content (AvgIpc) is 2.95. The molecular formula is C18H19FN4. The predicted molar refractivity (Wildman–Crippen MR) is 88.3 cm³/mol. The Kier molecular flexibility index (Phi) is 3.58. The first-order valence-corrected chi connectivity index (χ1v) is 8.01. The Morgan fingerprint density at radius 3 is 2.65 bits per heavy atom. The molecule has 1 fully saturated rings. The summed E-state index contributed by atoms with van der Waals surface area (Å²) in [4.78, 5) is 11.6. The molecule has 0 unspecified atom stereocenters. The number of rotatable bonds is 2. The van der Waals surface area contributed by atoms with E-state index in [1.807, 2.05) is 22.8 Å². The fourth-order valence-corrected chi connectivity index (χ4v) is 3.34. The molecule has 1 aliphatic rings. The summed E-state index contributed by atoms with van der Waals surface area (Å²) in [6.45, 7) is 2.08. The fourth-order valence-electron chi connectivity index (χ4n) is 3.34. The van der Waals surface area contributed by atoms with Gasteiger partial charge >= 0.3 is 0 Å². The lowest BCUT2D eigenvalue weighted by Gasteiger charge is -2.28. The van der Waals surface area contributed by atoms with Gasteiger partial charge < -0.3 is 4.90 Å². The van der Waals surface area contributed by atoms with Crippen LogP contribution in [0.2, 0.25) is 0 Å². The van der Waals surface area contributed by atoms with E-state index in [0.717, 1.165) is 42.9 Å². The third-order valence-corrected chi connectivity index (χ3v) is 4.62. The summed E-state index contributed by atoms with van der Waals surface area (Å²) >= 11 is 0. The van der Waals surface area contributed by atoms with Gasteiger partial charge in [0.05, 0.1) is 5.69 Å². The van der Waals surface area contributed by atoms with Crippen molar-refractivity contribution >= 4 is 11.2 Å². The SMILES string of the molecule is CN1CCC(c2nc3cccnc3n2-c2ccccc2F)CC1. The normalized spacial score (nSPS) is 17.0. The van der Waals surface area contributed by atoms with Gasteiger partial charge in [-0.25, -0.2) is 14.4 Å². The van der Waals surface area contributed by atoms with E-state index < -0.39 is 0 Å². The number of hydrogen-bond donors (Lipinski definition) is 0. The molecule has 0 radical (unpaired) electrons. The maximum atomic E-state index is 14.4. The topological polar surface area (TPSA) is 34.0 Å². The van der Waals surface area contributed by atoms with Gasteiger partial charge in [0.25, 0.3) is 0 Å². The summed E-state index contributed by atoms with van der Waals surface area (Å²) in [6.07, 6.45) is 3.81. The lowest BCUT2D eigenvalue weighted by atomic mass is 9.96. The summed E-state index contributed by atoms with van der Waals surface area (Å²) in [5.74, 6) is 1.02. The number of pyridine rings is 1. The number of halogens is 1. The Bertz CT molecular complexity index is 834. The number of fused-ring (bicyclic) bond motifs is 1. The van der Waals surface area contributed by atoms with Crippen molar-refractivity contribution in [2.75, 3.05) is 20.1 Å². The van der Waals surface area contributed by atoms with Crippen LogP contribution in [0, 0.1) is 5.82 Å². The number of imidazole rings is 1. The smallest absolute Gasteiger partial charge is 0.164 e. The minimum atomic E-state index is -0.244. The van der Waals surface area contributed by atoms with Crippen LogP contribution in [0.1, 0.15) is 24.6 Å². The number of benzene rings is 1. The summed E-state index contributed by atoms with van der Waals surface area (Å²) in [7, 11) is 2.14. The molecule has 5 heteroatoms. The Hall–Kier alpha value is -2.27. The molecule has 0 saturated carbocycles. The molecule has 4 nitrogen and oxygen atoms in total. The quantitative estimate of drug-likeness (QED) is 0.728. The highest BCUT2D eigenvalue weighted by Crippen LogP contribution is 2.32. The predicted octanol–water partition coefficient (Wildman–Crippen LogP) is 3.37. The second-order valence-corrected chi connectivity index (χ2v) is 6.18. The van der Waals surface area contributed by atoms with Gasteiger partial charge in [-0.1, -0.05) is 12.1 Å². The highest BCUT2D eigenvalue weighted by molar-refractivity contribution is 5.74. The third kappa shape index (κ3) is 2.51. The van der Waals surface area contributed by atoms with Crippen molar-refractivity contribution in [3.8, 4) is 5.69 Å². The van der Waals surface area contributed by atoms with Crippen LogP contribution in [0.25, 0.3) is 16.9 Å². The molecule has 1 aliphatic heterocycles. The highest BCUT2D eigenvalue weighted by atomic mass is 19.1. The maximum Gasteiger partial charge on any atom is 0.164 e. The minimum absolute atomic E-state index is 0.244. The Morgan fingerprint density at radius 1 is 1.09 bits per heavy atom. The summed E-state index contributed by atoms with van der Waals surface area (Å²) in [5, 5.41) is 0. The van der Waals surface area contributed by atoms with Gasteiger partial charge in [0.2, 0.25) is 0 Å². The average molecular weight is 310 g/mol. The first-order chi connectivity index (χ1) is 11.2. The van der Waals surface area contributed by atoms with Gasteiger partial charge in [-0.05, 0) is 57.2 Å². The molecule has 3 aromatic rings. The van der Waals surface area contributed by atoms with Crippen molar-refractivity contribution < 1.29 is 4.39 Å². The van der Waals surface area contributed by atoms with E-state index in [0.29, 0.717) is 11.6 Å². The van der Waals surface area contributed by atoms with Gasteiger partial charge in [0.1, 0.15) is 17.2 Å². The van der Waals surface area contributed by atoms with E-state index in [1.54, 1.807) is 18.3 Å². The van der Waals surface area contributed by atoms with E-state index in [-0.39, 0.29) is 5.82 Å². The molecule has 0 amide bonds. The van der Waals surface area contributed by atoms with Crippen LogP contribution in [0.15, 0.2) is 42.6 Å². The van der Waals surface area contributed by atoms with Crippen molar-refractivity contribution in [2.45, 2.75) is 18.8 Å². The maximum absolute atomic E-state index is 14.4. The number of aromatic nitrogens is 3. The standard InChI is InChI=1S/C18H19FN4/c1-22-11-8-13(9-12-22)17-21-15-6-4-10-20-18(15)23(17)16-7-3-2-5-14(16)19/h2-7,10,13H,8-9,11-12H2,1H3. The van der Waals surface area contributed by atoms with Crippen molar-refractivity contribution in [3.05, 3.63) is 54.2 Å². The van der Waals surface area contributed by atoms with Crippen molar-refractivity contribution in [3.63, 3.8) is 0 Å². The number of hydrogen-bond acceptors (Lipinski definition) is 3. The van der Waals surface area contributed by atoms with Gasteiger partial charge in [-0.2, -0.15) is 0 Å².